The van der Waals surface area contributed by atoms with Crippen molar-refractivity contribution in [1.29, 1.82) is 0 Å². The maximum absolute atomic E-state index is 13.5. The van der Waals surface area contributed by atoms with Gasteiger partial charge in [-0.15, -0.1) is 5.10 Å². The third-order valence-corrected chi connectivity index (χ3v) is 7.09. The Bertz CT molecular complexity index is 1400. The molecule has 7 nitrogen and oxygen atoms in total. The van der Waals surface area contributed by atoms with Crippen LogP contribution >= 0.6 is 23.2 Å². The summed E-state index contributed by atoms with van der Waals surface area (Å²) in [6.45, 7) is 5.19. The third-order valence-electron chi connectivity index (χ3n) is 6.51. The number of carbonyl (C=O) groups excluding carboxylic acids is 1. The zero-order valence-electron chi connectivity index (χ0n) is 20.7. The van der Waals surface area contributed by atoms with Crippen LogP contribution in [0.15, 0.2) is 54.7 Å². The van der Waals surface area contributed by atoms with Crippen LogP contribution in [0.5, 0.6) is 0 Å². The van der Waals surface area contributed by atoms with E-state index in [0.717, 1.165) is 41.6 Å². The molecule has 3 heterocycles. The molecule has 2 aromatic heterocycles. The number of aromatic nitrogens is 3. The summed E-state index contributed by atoms with van der Waals surface area (Å²) in [5.74, 6) is 0.433. The number of nitrogens with zero attached hydrogens (tertiary/aromatic N) is 4. The molecule has 1 fully saturated rings. The van der Waals surface area contributed by atoms with Crippen LogP contribution in [0, 0.1) is 0 Å². The Hall–Kier alpha value is -3.13. The molecule has 1 amide bonds. The van der Waals surface area contributed by atoms with E-state index in [1.165, 1.54) is 0 Å². The Morgan fingerprint density at radius 3 is 2.51 bits per heavy atom. The van der Waals surface area contributed by atoms with E-state index in [-0.39, 0.29) is 5.91 Å². The third kappa shape index (κ3) is 5.30. The van der Waals surface area contributed by atoms with Crippen LogP contribution in [0.1, 0.15) is 36.5 Å². The fraction of sp³-hybridized carbons (Fsp3) is 0.321. The monoisotopic (exact) mass is 537 g/mol. The van der Waals surface area contributed by atoms with Gasteiger partial charge in [0, 0.05) is 52.6 Å². The summed E-state index contributed by atoms with van der Waals surface area (Å²) in [5, 5.41) is 9.33. The Kier molecular flexibility index (Phi) is 7.93. The summed E-state index contributed by atoms with van der Waals surface area (Å²) >= 11 is 12.8. The van der Waals surface area contributed by atoms with Gasteiger partial charge in [-0.25, -0.2) is 9.50 Å². The first kappa shape index (κ1) is 25.5. The number of anilines is 1. The van der Waals surface area contributed by atoms with E-state index in [9.17, 15) is 4.79 Å². The minimum Gasteiger partial charge on any atom is -0.378 e. The number of halogens is 2. The number of nitrogens with one attached hydrogen (secondary N) is 1. The highest BCUT2D eigenvalue weighted by Gasteiger charge is 2.28. The van der Waals surface area contributed by atoms with Crippen molar-refractivity contribution >= 4 is 40.6 Å². The fourth-order valence-corrected chi connectivity index (χ4v) is 4.96. The molecule has 5 rings (SSSR count). The summed E-state index contributed by atoms with van der Waals surface area (Å²) in [7, 11) is 0. The minimum absolute atomic E-state index is 0.173. The highest BCUT2D eigenvalue weighted by Crippen LogP contribution is 2.38. The SMILES string of the molecule is CCCCCNC(=O)c1c(N2CCOCC2)nn2c(-c3ccc(Cl)cc3)c(-c3ccccc3Cl)cnc12. The van der Waals surface area contributed by atoms with Crippen molar-refractivity contribution in [3.05, 3.63) is 70.3 Å². The first-order valence-electron chi connectivity index (χ1n) is 12.6. The Labute approximate surface area is 226 Å². The average molecular weight is 538 g/mol. The first-order valence-corrected chi connectivity index (χ1v) is 13.4. The topological polar surface area (TPSA) is 71.8 Å². The zero-order valence-corrected chi connectivity index (χ0v) is 22.2. The summed E-state index contributed by atoms with van der Waals surface area (Å²) in [6.07, 6.45) is 4.85. The zero-order chi connectivity index (χ0) is 25.8. The molecule has 4 aromatic rings. The van der Waals surface area contributed by atoms with Crippen molar-refractivity contribution in [2.75, 3.05) is 37.7 Å². The van der Waals surface area contributed by atoms with E-state index < -0.39 is 0 Å². The smallest absolute Gasteiger partial charge is 0.258 e. The van der Waals surface area contributed by atoms with Crippen LogP contribution in [0.2, 0.25) is 10.0 Å². The molecule has 1 saturated heterocycles. The molecule has 1 N–H and O–H groups in total. The Balaban J connectivity index is 1.73. The lowest BCUT2D eigenvalue weighted by Crippen LogP contribution is -2.38. The number of fused-ring (bicyclic) bond motifs is 1. The van der Waals surface area contributed by atoms with Crippen molar-refractivity contribution in [3.63, 3.8) is 0 Å². The molecule has 1 aliphatic heterocycles. The normalized spacial score (nSPS) is 13.8. The molecule has 0 bridgehead atoms. The van der Waals surface area contributed by atoms with Crippen LogP contribution in [0.4, 0.5) is 5.82 Å². The molecule has 192 valence electrons. The van der Waals surface area contributed by atoms with Gasteiger partial charge < -0.3 is 15.0 Å². The molecule has 0 aliphatic carbocycles. The molecule has 2 aromatic carbocycles. The lowest BCUT2D eigenvalue weighted by Gasteiger charge is -2.27. The van der Waals surface area contributed by atoms with Gasteiger partial charge in [0.1, 0.15) is 5.56 Å². The molecule has 0 saturated carbocycles. The number of carbonyl (C=O) groups is 1. The second kappa shape index (κ2) is 11.5. The molecule has 0 spiro atoms. The predicted octanol–water partition coefficient (Wildman–Crippen LogP) is 6.13. The van der Waals surface area contributed by atoms with Gasteiger partial charge in [0.05, 0.1) is 18.9 Å². The summed E-state index contributed by atoms with van der Waals surface area (Å²) in [6, 6.07) is 15.2. The number of unbranched alkanes of at least 4 members (excludes halogenated alkanes) is 2. The standard InChI is InChI=1S/C28H29Cl2N5O2/c1-2-3-6-13-31-28(36)24-26-32-18-22(21-7-4-5-8-23(21)30)25(19-9-11-20(29)12-10-19)35(26)33-27(24)34-14-16-37-17-15-34/h4-5,7-12,18H,2-3,6,13-17H2,1H3,(H,31,36). The van der Waals surface area contributed by atoms with Crippen LogP contribution < -0.4 is 10.2 Å². The van der Waals surface area contributed by atoms with Gasteiger partial charge in [-0.2, -0.15) is 0 Å². The average Bonchev–Trinajstić information content (AvgIpc) is 3.32. The minimum atomic E-state index is -0.173. The molecule has 1 aliphatic rings. The van der Waals surface area contributed by atoms with Gasteiger partial charge in [0.15, 0.2) is 11.5 Å². The first-order chi connectivity index (χ1) is 18.1. The maximum Gasteiger partial charge on any atom is 0.258 e. The van der Waals surface area contributed by atoms with Crippen molar-refractivity contribution < 1.29 is 9.53 Å². The van der Waals surface area contributed by atoms with Crippen LogP contribution in [-0.2, 0) is 4.74 Å². The van der Waals surface area contributed by atoms with E-state index in [2.05, 4.69) is 17.1 Å². The fourth-order valence-electron chi connectivity index (χ4n) is 4.60. The summed E-state index contributed by atoms with van der Waals surface area (Å²) in [4.78, 5) is 20.4. The lowest BCUT2D eigenvalue weighted by molar-refractivity contribution is 0.0953. The van der Waals surface area contributed by atoms with Gasteiger partial charge >= 0.3 is 0 Å². The van der Waals surface area contributed by atoms with Crippen molar-refractivity contribution in [1.82, 2.24) is 19.9 Å². The van der Waals surface area contributed by atoms with E-state index >= 15 is 0 Å². The van der Waals surface area contributed by atoms with Crippen molar-refractivity contribution in [3.8, 4) is 22.4 Å². The molecule has 0 radical (unpaired) electrons. The Morgan fingerprint density at radius 1 is 1.03 bits per heavy atom. The van der Waals surface area contributed by atoms with Gasteiger partial charge in [-0.1, -0.05) is 73.3 Å². The van der Waals surface area contributed by atoms with Gasteiger partial charge in [-0.3, -0.25) is 4.79 Å². The van der Waals surface area contributed by atoms with Crippen LogP contribution in [-0.4, -0.2) is 53.4 Å². The second-order valence-electron chi connectivity index (χ2n) is 9.00. The highest BCUT2D eigenvalue weighted by atomic mass is 35.5. The van der Waals surface area contributed by atoms with Crippen LogP contribution in [0.25, 0.3) is 28.0 Å². The van der Waals surface area contributed by atoms with Crippen molar-refractivity contribution in [2.45, 2.75) is 26.2 Å². The van der Waals surface area contributed by atoms with E-state index in [0.29, 0.717) is 59.9 Å². The quantitative estimate of drug-likeness (QED) is 0.274. The van der Waals surface area contributed by atoms with E-state index in [1.54, 1.807) is 10.7 Å². The van der Waals surface area contributed by atoms with Crippen molar-refractivity contribution in [2.24, 2.45) is 0 Å². The molecular formula is C28H29Cl2N5O2. The summed E-state index contributed by atoms with van der Waals surface area (Å²) < 4.78 is 7.33. The maximum atomic E-state index is 13.5. The number of benzene rings is 2. The van der Waals surface area contributed by atoms with Crippen LogP contribution in [0.3, 0.4) is 0 Å². The second-order valence-corrected chi connectivity index (χ2v) is 9.85. The van der Waals surface area contributed by atoms with Gasteiger partial charge in [-0.05, 0) is 24.6 Å². The highest BCUT2D eigenvalue weighted by molar-refractivity contribution is 6.33. The lowest BCUT2D eigenvalue weighted by atomic mass is 10.0. The van der Waals surface area contributed by atoms with E-state index in [1.807, 2.05) is 48.5 Å². The molecule has 0 unspecified atom stereocenters. The predicted molar refractivity (Wildman–Crippen MR) is 149 cm³/mol. The molecule has 37 heavy (non-hydrogen) atoms. The Morgan fingerprint density at radius 2 is 1.78 bits per heavy atom. The molecule has 9 heteroatoms. The number of rotatable bonds is 8. The van der Waals surface area contributed by atoms with E-state index in [4.69, 9.17) is 38.0 Å². The van der Waals surface area contributed by atoms with Gasteiger partial charge in [0.2, 0.25) is 0 Å². The number of morpholine rings is 1. The number of hydrogen-bond donors (Lipinski definition) is 1. The largest absolute Gasteiger partial charge is 0.378 e. The molecular weight excluding hydrogens is 509 g/mol. The van der Waals surface area contributed by atoms with Gasteiger partial charge in [0.25, 0.3) is 5.91 Å². The number of hydrogen-bond acceptors (Lipinski definition) is 5. The number of ether oxygens (including phenoxy) is 1. The summed E-state index contributed by atoms with van der Waals surface area (Å²) in [5.41, 5.74) is 4.28. The number of amides is 1. The molecule has 0 atom stereocenters.